The van der Waals surface area contributed by atoms with Crippen molar-refractivity contribution in [1.82, 2.24) is 20.2 Å². The van der Waals surface area contributed by atoms with Gasteiger partial charge in [0.25, 0.3) is 5.91 Å². The summed E-state index contributed by atoms with van der Waals surface area (Å²) in [5, 5.41) is 2.87. The number of rotatable bonds is 5. The molecule has 1 aromatic heterocycles. The van der Waals surface area contributed by atoms with E-state index in [0.29, 0.717) is 62.6 Å². The molecule has 8 heteroatoms. The van der Waals surface area contributed by atoms with Crippen LogP contribution in [-0.2, 0) is 4.74 Å². The third-order valence-corrected chi connectivity index (χ3v) is 3.86. The van der Waals surface area contributed by atoms with Crippen LogP contribution >= 0.6 is 0 Å². The Morgan fingerprint density at radius 2 is 1.92 bits per heavy atom. The predicted octanol–water partition coefficient (Wildman–Crippen LogP) is 1.45. The molecule has 1 saturated heterocycles. The second-order valence-electron chi connectivity index (χ2n) is 6.44. The first-order chi connectivity index (χ1) is 11.9. The Labute approximate surface area is 148 Å². The molecule has 0 bridgehead atoms. The van der Waals surface area contributed by atoms with Crippen LogP contribution in [0.2, 0.25) is 0 Å². The van der Waals surface area contributed by atoms with Gasteiger partial charge in [-0.1, -0.05) is 13.8 Å². The molecular formula is C17H27N5O3. The van der Waals surface area contributed by atoms with Crippen molar-refractivity contribution < 1.29 is 14.3 Å². The average Bonchev–Trinajstić information content (AvgIpc) is 2.59. The van der Waals surface area contributed by atoms with Gasteiger partial charge in [-0.25, -0.2) is 14.8 Å². The number of aryl methyl sites for hydroxylation is 1. The van der Waals surface area contributed by atoms with Crippen molar-refractivity contribution >= 4 is 17.8 Å². The Morgan fingerprint density at radius 3 is 2.52 bits per heavy atom. The first-order valence-corrected chi connectivity index (χ1v) is 8.71. The van der Waals surface area contributed by atoms with Gasteiger partial charge in [0.1, 0.15) is 17.3 Å². The second-order valence-corrected chi connectivity index (χ2v) is 6.44. The van der Waals surface area contributed by atoms with E-state index in [0.717, 1.165) is 0 Å². The SMILES string of the molecule is CCOC(=O)N1CCN(c2cc(C(=O)NCC(C)C)nc(C)n2)CC1. The van der Waals surface area contributed by atoms with Crippen molar-refractivity contribution in [2.75, 3.05) is 44.2 Å². The summed E-state index contributed by atoms with van der Waals surface area (Å²) < 4.78 is 5.03. The van der Waals surface area contributed by atoms with Crippen LogP contribution in [0.1, 0.15) is 37.1 Å². The number of aromatic nitrogens is 2. The smallest absolute Gasteiger partial charge is 0.409 e. The van der Waals surface area contributed by atoms with Gasteiger partial charge in [-0.3, -0.25) is 4.79 Å². The van der Waals surface area contributed by atoms with Crippen LogP contribution in [0.3, 0.4) is 0 Å². The van der Waals surface area contributed by atoms with Crippen molar-refractivity contribution in [3.8, 4) is 0 Å². The molecule has 1 N–H and O–H groups in total. The minimum atomic E-state index is -0.283. The molecule has 0 unspecified atom stereocenters. The number of nitrogens with zero attached hydrogens (tertiary/aromatic N) is 4. The van der Waals surface area contributed by atoms with Crippen LogP contribution in [0, 0.1) is 12.8 Å². The van der Waals surface area contributed by atoms with Crippen molar-refractivity contribution in [3.63, 3.8) is 0 Å². The summed E-state index contributed by atoms with van der Waals surface area (Å²) in [4.78, 5) is 36.5. The summed E-state index contributed by atoms with van der Waals surface area (Å²) in [6, 6.07) is 1.71. The van der Waals surface area contributed by atoms with Crippen LogP contribution in [-0.4, -0.2) is 66.2 Å². The summed E-state index contributed by atoms with van der Waals surface area (Å²) in [6.45, 7) is 11.0. The molecule has 2 heterocycles. The van der Waals surface area contributed by atoms with E-state index in [4.69, 9.17) is 4.74 Å². The summed E-state index contributed by atoms with van der Waals surface area (Å²) in [5.41, 5.74) is 0.371. The number of anilines is 1. The van der Waals surface area contributed by atoms with E-state index in [1.807, 2.05) is 13.8 Å². The van der Waals surface area contributed by atoms with Gasteiger partial charge in [0.15, 0.2) is 0 Å². The molecule has 1 aliphatic rings. The van der Waals surface area contributed by atoms with Crippen LogP contribution < -0.4 is 10.2 Å². The molecule has 0 aliphatic carbocycles. The lowest BCUT2D eigenvalue weighted by Crippen LogP contribution is -2.49. The Hall–Kier alpha value is -2.38. The molecule has 1 fully saturated rings. The normalized spacial score (nSPS) is 14.6. The molecule has 2 amide bonds. The number of hydrogen-bond acceptors (Lipinski definition) is 6. The van der Waals surface area contributed by atoms with Crippen LogP contribution in [0.15, 0.2) is 6.07 Å². The summed E-state index contributed by atoms with van der Waals surface area (Å²) in [7, 11) is 0. The van der Waals surface area contributed by atoms with E-state index in [9.17, 15) is 9.59 Å². The van der Waals surface area contributed by atoms with Crippen LogP contribution in [0.5, 0.6) is 0 Å². The van der Waals surface area contributed by atoms with Crippen molar-refractivity contribution in [1.29, 1.82) is 0 Å². The van der Waals surface area contributed by atoms with Gasteiger partial charge >= 0.3 is 6.09 Å². The van der Waals surface area contributed by atoms with Gasteiger partial charge in [0.2, 0.25) is 0 Å². The van der Waals surface area contributed by atoms with Gasteiger partial charge < -0.3 is 19.9 Å². The Balaban J connectivity index is 2.03. The minimum absolute atomic E-state index is 0.189. The highest BCUT2D eigenvalue weighted by Crippen LogP contribution is 2.16. The number of hydrogen-bond donors (Lipinski definition) is 1. The quantitative estimate of drug-likeness (QED) is 0.866. The maximum atomic E-state index is 12.3. The number of amides is 2. The Kier molecular flexibility index (Phi) is 6.55. The topological polar surface area (TPSA) is 87.7 Å². The molecule has 0 radical (unpaired) electrons. The third kappa shape index (κ3) is 5.30. The lowest BCUT2D eigenvalue weighted by atomic mass is 10.2. The molecule has 0 spiro atoms. The molecule has 1 aliphatic heterocycles. The highest BCUT2D eigenvalue weighted by atomic mass is 16.6. The van der Waals surface area contributed by atoms with Crippen molar-refractivity contribution in [2.45, 2.75) is 27.7 Å². The van der Waals surface area contributed by atoms with E-state index in [1.165, 1.54) is 0 Å². The number of carbonyl (C=O) groups excluding carboxylic acids is 2. The number of nitrogens with one attached hydrogen (secondary N) is 1. The number of ether oxygens (including phenoxy) is 1. The first-order valence-electron chi connectivity index (χ1n) is 8.71. The number of piperazine rings is 1. The van der Waals surface area contributed by atoms with E-state index in [-0.39, 0.29) is 12.0 Å². The maximum Gasteiger partial charge on any atom is 0.409 e. The summed E-state index contributed by atoms with van der Waals surface area (Å²) in [6.07, 6.45) is -0.283. The van der Waals surface area contributed by atoms with Gasteiger partial charge in [-0.15, -0.1) is 0 Å². The molecular weight excluding hydrogens is 322 g/mol. The van der Waals surface area contributed by atoms with Gasteiger partial charge in [-0.2, -0.15) is 0 Å². The van der Waals surface area contributed by atoms with E-state index in [2.05, 4.69) is 20.2 Å². The molecule has 0 saturated carbocycles. The van der Waals surface area contributed by atoms with E-state index >= 15 is 0 Å². The second kappa shape index (κ2) is 8.64. The average molecular weight is 349 g/mol. The molecule has 138 valence electrons. The lowest BCUT2D eigenvalue weighted by Gasteiger charge is -2.34. The lowest BCUT2D eigenvalue weighted by molar-refractivity contribution is 0.0943. The largest absolute Gasteiger partial charge is 0.450 e. The van der Waals surface area contributed by atoms with Crippen LogP contribution in [0.4, 0.5) is 10.6 Å². The first kappa shape index (κ1) is 19.0. The zero-order valence-electron chi connectivity index (χ0n) is 15.4. The zero-order chi connectivity index (χ0) is 18.4. The highest BCUT2D eigenvalue weighted by Gasteiger charge is 2.23. The molecule has 2 rings (SSSR count). The van der Waals surface area contributed by atoms with Crippen LogP contribution in [0.25, 0.3) is 0 Å². The van der Waals surface area contributed by atoms with E-state index < -0.39 is 0 Å². The zero-order valence-corrected chi connectivity index (χ0v) is 15.4. The molecule has 0 atom stereocenters. The highest BCUT2D eigenvalue weighted by molar-refractivity contribution is 5.93. The number of carbonyl (C=O) groups is 2. The van der Waals surface area contributed by atoms with Gasteiger partial charge in [-0.05, 0) is 19.8 Å². The van der Waals surface area contributed by atoms with Gasteiger partial charge in [0, 0.05) is 38.8 Å². The molecule has 8 nitrogen and oxygen atoms in total. The summed E-state index contributed by atoms with van der Waals surface area (Å²) >= 11 is 0. The summed E-state index contributed by atoms with van der Waals surface area (Å²) in [5.74, 6) is 1.46. The fourth-order valence-corrected chi connectivity index (χ4v) is 2.55. The predicted molar refractivity (Wildman–Crippen MR) is 94.7 cm³/mol. The van der Waals surface area contributed by atoms with E-state index in [1.54, 1.807) is 24.8 Å². The molecule has 25 heavy (non-hydrogen) atoms. The van der Waals surface area contributed by atoms with Crippen molar-refractivity contribution in [3.05, 3.63) is 17.6 Å². The fraction of sp³-hybridized carbons (Fsp3) is 0.647. The monoisotopic (exact) mass is 349 g/mol. The fourth-order valence-electron chi connectivity index (χ4n) is 2.55. The van der Waals surface area contributed by atoms with Gasteiger partial charge in [0.05, 0.1) is 6.61 Å². The Bertz CT molecular complexity index is 612. The minimum Gasteiger partial charge on any atom is -0.450 e. The van der Waals surface area contributed by atoms with Crippen molar-refractivity contribution in [2.24, 2.45) is 5.92 Å². The third-order valence-electron chi connectivity index (χ3n) is 3.86. The molecule has 0 aromatic carbocycles. The Morgan fingerprint density at radius 1 is 1.24 bits per heavy atom. The standard InChI is InChI=1S/C17H27N5O3/c1-5-25-17(24)22-8-6-21(7-9-22)15-10-14(19-13(4)20-15)16(23)18-11-12(2)3/h10,12H,5-9,11H2,1-4H3,(H,18,23). The maximum absolute atomic E-state index is 12.3. The molecule has 1 aromatic rings.